The van der Waals surface area contributed by atoms with Gasteiger partial charge < -0.3 is 10.5 Å². The molecule has 0 atom stereocenters. The Kier molecular flexibility index (Phi) is 3.78. The summed E-state index contributed by atoms with van der Waals surface area (Å²) < 4.78 is 30.8. The second-order valence-electron chi connectivity index (χ2n) is 4.79. The van der Waals surface area contributed by atoms with Crippen LogP contribution in [0.5, 0.6) is 5.75 Å². The van der Waals surface area contributed by atoms with Gasteiger partial charge in [0.1, 0.15) is 5.75 Å². The van der Waals surface area contributed by atoms with Crippen LogP contribution in [0.25, 0.3) is 16.7 Å². The smallest absolute Gasteiger partial charge is 0.239 e. The van der Waals surface area contributed by atoms with Gasteiger partial charge in [0, 0.05) is 4.47 Å². The number of para-hydroxylation sites is 2. The number of sulfonamides is 1. The fraction of sp³-hybridized carbons (Fsp3) is 0.0714. The second-order valence-corrected chi connectivity index (χ2v) is 7.18. The number of imidazole rings is 1. The van der Waals surface area contributed by atoms with Crippen LogP contribution in [-0.2, 0) is 10.0 Å². The minimum absolute atomic E-state index is 0.0407. The molecular weight excluding hydrogens is 384 g/mol. The number of primary sulfonamides is 1. The SMILES string of the molecule is COc1ccccc1-n1c(N)nc2cc(Br)c(S(N)(=O)=O)cc21. The van der Waals surface area contributed by atoms with E-state index in [4.69, 9.17) is 15.6 Å². The Morgan fingerprint density at radius 2 is 1.96 bits per heavy atom. The van der Waals surface area contributed by atoms with Crippen LogP contribution in [0.1, 0.15) is 0 Å². The number of nitrogens with two attached hydrogens (primary N) is 2. The lowest BCUT2D eigenvalue weighted by molar-refractivity contribution is 0.413. The van der Waals surface area contributed by atoms with Gasteiger partial charge in [-0.05, 0) is 40.2 Å². The van der Waals surface area contributed by atoms with Crippen molar-refractivity contribution in [3.8, 4) is 11.4 Å². The molecule has 3 aromatic rings. The topological polar surface area (TPSA) is 113 Å². The number of aromatic nitrogens is 2. The normalized spacial score (nSPS) is 11.8. The zero-order chi connectivity index (χ0) is 16.8. The first-order valence-electron chi connectivity index (χ1n) is 6.46. The molecule has 9 heteroatoms. The van der Waals surface area contributed by atoms with E-state index in [1.807, 2.05) is 12.1 Å². The zero-order valence-electron chi connectivity index (χ0n) is 12.0. The first-order chi connectivity index (χ1) is 10.8. The Hall–Kier alpha value is -2.10. The van der Waals surface area contributed by atoms with Crippen molar-refractivity contribution in [3.05, 3.63) is 40.9 Å². The quantitative estimate of drug-likeness (QED) is 0.702. The Morgan fingerprint density at radius 3 is 2.61 bits per heavy atom. The number of hydrogen-bond donors (Lipinski definition) is 2. The van der Waals surface area contributed by atoms with E-state index >= 15 is 0 Å². The van der Waals surface area contributed by atoms with Crippen molar-refractivity contribution in [3.63, 3.8) is 0 Å². The minimum atomic E-state index is -3.89. The van der Waals surface area contributed by atoms with Crippen molar-refractivity contribution in [2.45, 2.75) is 4.90 Å². The monoisotopic (exact) mass is 396 g/mol. The molecule has 23 heavy (non-hydrogen) atoms. The summed E-state index contributed by atoms with van der Waals surface area (Å²) in [6.45, 7) is 0. The fourth-order valence-electron chi connectivity index (χ4n) is 2.38. The highest BCUT2D eigenvalue weighted by atomic mass is 79.9. The molecule has 7 nitrogen and oxygen atoms in total. The van der Waals surface area contributed by atoms with Gasteiger partial charge in [-0.1, -0.05) is 12.1 Å². The van der Waals surface area contributed by atoms with E-state index in [1.54, 1.807) is 29.9 Å². The number of ether oxygens (including phenoxy) is 1. The molecule has 0 saturated heterocycles. The van der Waals surface area contributed by atoms with E-state index in [-0.39, 0.29) is 10.8 Å². The molecule has 0 unspecified atom stereocenters. The van der Waals surface area contributed by atoms with E-state index in [1.165, 1.54) is 6.07 Å². The van der Waals surface area contributed by atoms with Crippen LogP contribution in [0.2, 0.25) is 0 Å². The lowest BCUT2D eigenvalue weighted by atomic mass is 10.2. The molecule has 0 fully saturated rings. The van der Waals surface area contributed by atoms with Crippen molar-refractivity contribution in [1.82, 2.24) is 9.55 Å². The number of rotatable bonds is 3. The molecule has 120 valence electrons. The highest BCUT2D eigenvalue weighted by Gasteiger charge is 2.19. The molecule has 0 spiro atoms. The maximum Gasteiger partial charge on any atom is 0.239 e. The van der Waals surface area contributed by atoms with Gasteiger partial charge in [-0.3, -0.25) is 4.57 Å². The maximum absolute atomic E-state index is 11.7. The molecule has 0 aliphatic rings. The molecule has 0 radical (unpaired) electrons. The Labute approximate surface area is 141 Å². The van der Waals surface area contributed by atoms with Gasteiger partial charge in [0.25, 0.3) is 0 Å². The predicted octanol–water partition coefficient (Wildman–Crippen LogP) is 2.03. The van der Waals surface area contributed by atoms with E-state index in [0.29, 0.717) is 26.9 Å². The number of benzene rings is 2. The highest BCUT2D eigenvalue weighted by Crippen LogP contribution is 2.33. The summed E-state index contributed by atoms with van der Waals surface area (Å²) >= 11 is 3.20. The van der Waals surface area contributed by atoms with Gasteiger partial charge in [0.15, 0.2) is 0 Å². The van der Waals surface area contributed by atoms with Gasteiger partial charge in [-0.15, -0.1) is 0 Å². The minimum Gasteiger partial charge on any atom is -0.495 e. The number of nitrogens with zero attached hydrogens (tertiary/aromatic N) is 2. The average molecular weight is 397 g/mol. The van der Waals surface area contributed by atoms with E-state index in [0.717, 1.165) is 0 Å². The zero-order valence-corrected chi connectivity index (χ0v) is 14.4. The van der Waals surface area contributed by atoms with Gasteiger partial charge in [0.2, 0.25) is 16.0 Å². The third kappa shape index (κ3) is 2.67. The van der Waals surface area contributed by atoms with Crippen LogP contribution < -0.4 is 15.6 Å². The third-order valence-electron chi connectivity index (χ3n) is 3.37. The van der Waals surface area contributed by atoms with E-state index < -0.39 is 10.0 Å². The number of hydrogen-bond acceptors (Lipinski definition) is 5. The van der Waals surface area contributed by atoms with Gasteiger partial charge in [-0.25, -0.2) is 18.5 Å². The van der Waals surface area contributed by atoms with Gasteiger partial charge >= 0.3 is 0 Å². The summed E-state index contributed by atoms with van der Waals surface area (Å²) in [6.07, 6.45) is 0. The summed E-state index contributed by atoms with van der Waals surface area (Å²) in [5.74, 6) is 0.793. The molecule has 0 amide bonds. The third-order valence-corrected chi connectivity index (χ3v) is 5.24. The lowest BCUT2D eigenvalue weighted by Crippen LogP contribution is -2.13. The predicted molar refractivity (Wildman–Crippen MR) is 91.1 cm³/mol. The van der Waals surface area contributed by atoms with Crippen molar-refractivity contribution in [1.29, 1.82) is 0 Å². The number of halogens is 1. The second kappa shape index (κ2) is 5.52. The first kappa shape index (κ1) is 15.8. The molecule has 2 aromatic carbocycles. The molecule has 1 aromatic heterocycles. The molecule has 0 saturated carbocycles. The van der Waals surface area contributed by atoms with Crippen molar-refractivity contribution in [2.75, 3.05) is 12.8 Å². The molecule has 1 heterocycles. The molecular formula is C14H13BrN4O3S. The highest BCUT2D eigenvalue weighted by molar-refractivity contribution is 9.10. The number of methoxy groups -OCH3 is 1. The molecule has 4 N–H and O–H groups in total. The maximum atomic E-state index is 11.7. The van der Waals surface area contributed by atoms with Gasteiger partial charge in [0.05, 0.1) is 28.7 Å². The lowest BCUT2D eigenvalue weighted by Gasteiger charge is -2.12. The Balaban J connectivity index is 2.40. The Morgan fingerprint density at radius 1 is 1.26 bits per heavy atom. The van der Waals surface area contributed by atoms with Crippen LogP contribution in [0.4, 0.5) is 5.95 Å². The standard InChI is InChI=1S/C14H13BrN4O3S/c1-22-12-5-3-2-4-10(12)19-11-7-13(23(17,20)21)8(15)6-9(11)18-14(19)16/h2-7H,1H3,(H2,16,18)(H2,17,20,21). The van der Waals surface area contributed by atoms with Crippen molar-refractivity contribution >= 4 is 42.9 Å². The Bertz CT molecular complexity index is 1010. The van der Waals surface area contributed by atoms with E-state index in [9.17, 15) is 8.42 Å². The van der Waals surface area contributed by atoms with Crippen LogP contribution in [-0.4, -0.2) is 25.1 Å². The first-order valence-corrected chi connectivity index (χ1v) is 8.80. The largest absolute Gasteiger partial charge is 0.495 e. The summed E-state index contributed by atoms with van der Waals surface area (Å²) in [5, 5.41) is 5.26. The van der Waals surface area contributed by atoms with Crippen molar-refractivity contribution in [2.24, 2.45) is 5.14 Å². The van der Waals surface area contributed by atoms with Crippen LogP contribution in [0.3, 0.4) is 0 Å². The van der Waals surface area contributed by atoms with Crippen LogP contribution in [0, 0.1) is 0 Å². The fourth-order valence-corrected chi connectivity index (χ4v) is 4.00. The van der Waals surface area contributed by atoms with Crippen LogP contribution in [0.15, 0.2) is 45.8 Å². The van der Waals surface area contributed by atoms with Crippen molar-refractivity contribution < 1.29 is 13.2 Å². The molecule has 0 bridgehead atoms. The van der Waals surface area contributed by atoms with Crippen LogP contribution >= 0.6 is 15.9 Å². The summed E-state index contributed by atoms with van der Waals surface area (Å²) in [6, 6.07) is 10.2. The number of anilines is 1. The molecule has 0 aliphatic carbocycles. The number of nitrogen functional groups attached to an aromatic ring is 1. The molecule has 3 rings (SSSR count). The summed E-state index contributed by atoms with van der Waals surface area (Å²) in [4.78, 5) is 4.23. The molecule has 0 aliphatic heterocycles. The summed E-state index contributed by atoms with van der Waals surface area (Å²) in [5.41, 5.74) is 7.72. The number of fused-ring (bicyclic) bond motifs is 1. The summed E-state index contributed by atoms with van der Waals surface area (Å²) in [7, 11) is -2.35. The average Bonchev–Trinajstić information content (AvgIpc) is 2.80. The van der Waals surface area contributed by atoms with E-state index in [2.05, 4.69) is 20.9 Å². The van der Waals surface area contributed by atoms with Gasteiger partial charge in [-0.2, -0.15) is 0 Å².